The Hall–Kier alpha value is -1.71. The van der Waals surface area contributed by atoms with Crippen LogP contribution in [0.5, 0.6) is 0 Å². The van der Waals surface area contributed by atoms with E-state index in [4.69, 9.17) is 11.5 Å². The number of likely N-dealkylation sites (tertiary alicyclic amines) is 1. The van der Waals surface area contributed by atoms with Crippen molar-refractivity contribution in [1.29, 1.82) is 0 Å². The van der Waals surface area contributed by atoms with E-state index >= 15 is 0 Å². The van der Waals surface area contributed by atoms with Crippen LogP contribution in [0, 0.1) is 11.8 Å². The molecule has 0 aromatic rings. The zero-order chi connectivity index (χ0) is 18.6. The van der Waals surface area contributed by atoms with Gasteiger partial charge < -0.3 is 26.8 Å². The third-order valence-corrected chi connectivity index (χ3v) is 5.09. The van der Waals surface area contributed by atoms with Gasteiger partial charge in [0.2, 0.25) is 11.8 Å². The third kappa shape index (κ3) is 5.13. The maximum absolute atomic E-state index is 13.0. The fourth-order valence-electron chi connectivity index (χ4n) is 3.96. The monoisotopic (exact) mass is 355 g/mol. The first-order valence-corrected chi connectivity index (χ1v) is 8.85. The summed E-state index contributed by atoms with van der Waals surface area (Å²) in [6.07, 6.45) is 2.78. The molecule has 1 aliphatic heterocycles. The van der Waals surface area contributed by atoms with Gasteiger partial charge in [0, 0.05) is 32.0 Å². The quantitative estimate of drug-likeness (QED) is 0.374. The predicted octanol–water partition coefficient (Wildman–Crippen LogP) is -1.23. The van der Waals surface area contributed by atoms with Crippen LogP contribution < -0.4 is 22.1 Å². The molecule has 0 aromatic heterocycles. The van der Waals surface area contributed by atoms with Crippen LogP contribution in [0.15, 0.2) is 0 Å². The number of carboxylic acids is 1. The number of amides is 2. The lowest BCUT2D eigenvalue weighted by Crippen LogP contribution is -2.59. The molecule has 25 heavy (non-hydrogen) atoms. The van der Waals surface area contributed by atoms with E-state index in [0.717, 1.165) is 19.3 Å². The smallest absolute Gasteiger partial charge is 0.306 e. The summed E-state index contributed by atoms with van der Waals surface area (Å²) in [5, 5.41) is 15.1. The van der Waals surface area contributed by atoms with E-state index in [2.05, 4.69) is 10.6 Å². The van der Waals surface area contributed by atoms with E-state index in [1.807, 2.05) is 0 Å². The number of nitrogens with one attached hydrogen (secondary N) is 2. The molecule has 4 unspecified atom stereocenters. The van der Waals surface area contributed by atoms with Gasteiger partial charge in [-0.05, 0) is 32.1 Å². The molecule has 142 valence electrons. The molecule has 1 saturated heterocycles. The molecule has 2 amide bonds. The number of carbonyl (C=O) groups is 3. The van der Waals surface area contributed by atoms with Crippen molar-refractivity contribution in [3.05, 3.63) is 0 Å². The van der Waals surface area contributed by atoms with Crippen molar-refractivity contribution in [3.63, 3.8) is 0 Å². The van der Waals surface area contributed by atoms with Crippen molar-refractivity contribution in [2.75, 3.05) is 13.1 Å². The first kappa shape index (κ1) is 19.6. The number of rotatable bonds is 6. The Morgan fingerprint density at radius 2 is 1.76 bits per heavy atom. The Labute approximate surface area is 147 Å². The molecule has 1 heterocycles. The lowest BCUT2D eigenvalue weighted by molar-refractivity contribution is -0.142. The minimum absolute atomic E-state index is 0.150. The highest BCUT2D eigenvalue weighted by atomic mass is 16.4. The number of nitrogens with zero attached hydrogens (tertiary/aromatic N) is 1. The summed E-state index contributed by atoms with van der Waals surface area (Å²) in [5.74, 6) is -2.33. The predicted molar refractivity (Wildman–Crippen MR) is 91.0 cm³/mol. The second kappa shape index (κ2) is 8.59. The lowest BCUT2D eigenvalue weighted by Gasteiger charge is -2.35. The normalized spacial score (nSPS) is 28.0. The molecule has 1 saturated carbocycles. The number of aliphatic carboxylic acids is 1. The van der Waals surface area contributed by atoms with Gasteiger partial charge in [-0.15, -0.1) is 0 Å². The Balaban J connectivity index is 2.21. The van der Waals surface area contributed by atoms with Gasteiger partial charge >= 0.3 is 5.97 Å². The summed E-state index contributed by atoms with van der Waals surface area (Å²) in [4.78, 5) is 37.9. The second-order valence-electron chi connectivity index (χ2n) is 7.03. The highest BCUT2D eigenvalue weighted by Crippen LogP contribution is 2.35. The van der Waals surface area contributed by atoms with Crippen molar-refractivity contribution in [1.82, 2.24) is 15.5 Å². The van der Waals surface area contributed by atoms with Crippen LogP contribution >= 0.6 is 0 Å². The average molecular weight is 355 g/mol. The van der Waals surface area contributed by atoms with Crippen LogP contribution in [0.1, 0.15) is 39.0 Å². The highest BCUT2D eigenvalue weighted by Gasteiger charge is 2.45. The van der Waals surface area contributed by atoms with Crippen LogP contribution in [0.4, 0.5) is 0 Å². The number of hydrogen-bond acceptors (Lipinski definition) is 6. The Morgan fingerprint density at radius 3 is 2.28 bits per heavy atom. The van der Waals surface area contributed by atoms with Crippen LogP contribution in [-0.2, 0) is 14.4 Å². The molecule has 2 aliphatic rings. The van der Waals surface area contributed by atoms with Gasteiger partial charge in [0.15, 0.2) is 0 Å². The van der Waals surface area contributed by atoms with Gasteiger partial charge in [0.25, 0.3) is 0 Å². The Morgan fingerprint density at radius 1 is 1.12 bits per heavy atom. The van der Waals surface area contributed by atoms with E-state index in [9.17, 15) is 19.5 Å². The second-order valence-corrected chi connectivity index (χ2v) is 7.03. The topological polar surface area (TPSA) is 151 Å². The van der Waals surface area contributed by atoms with E-state index in [1.54, 1.807) is 4.90 Å². The van der Waals surface area contributed by atoms with E-state index in [-0.39, 0.29) is 23.8 Å². The molecular formula is C16H29N5O4. The van der Waals surface area contributed by atoms with Crippen LogP contribution in [0.2, 0.25) is 0 Å². The van der Waals surface area contributed by atoms with Gasteiger partial charge in [0.1, 0.15) is 12.3 Å². The molecule has 0 bridgehead atoms. The van der Waals surface area contributed by atoms with Gasteiger partial charge in [-0.3, -0.25) is 19.7 Å². The molecule has 7 N–H and O–H groups in total. The molecule has 4 atom stereocenters. The van der Waals surface area contributed by atoms with Gasteiger partial charge in [0.05, 0.1) is 5.92 Å². The molecule has 2 rings (SSSR count). The van der Waals surface area contributed by atoms with E-state index in [0.29, 0.717) is 25.9 Å². The van der Waals surface area contributed by atoms with Crippen LogP contribution in [0.3, 0.4) is 0 Å². The SMILES string of the molecule is CC(=O)NC(C(=O)N1CCCCC1)C1CC(C(=O)O)CC1NC(N)N. The summed E-state index contributed by atoms with van der Waals surface area (Å²) < 4.78 is 0. The summed E-state index contributed by atoms with van der Waals surface area (Å²) in [6.45, 7) is 2.69. The Kier molecular flexibility index (Phi) is 6.74. The number of carbonyl (C=O) groups excluding carboxylic acids is 2. The molecular weight excluding hydrogens is 326 g/mol. The molecule has 9 heteroatoms. The maximum atomic E-state index is 13.0. The Bertz CT molecular complexity index is 507. The number of hydrogen-bond donors (Lipinski definition) is 5. The van der Waals surface area contributed by atoms with E-state index in [1.165, 1.54) is 6.92 Å². The van der Waals surface area contributed by atoms with Crippen LogP contribution in [-0.4, -0.2) is 59.3 Å². The fraction of sp³-hybridized carbons (Fsp3) is 0.812. The highest BCUT2D eigenvalue weighted by molar-refractivity contribution is 5.87. The minimum atomic E-state index is -0.910. The van der Waals surface area contributed by atoms with Gasteiger partial charge in [-0.25, -0.2) is 0 Å². The summed E-state index contributed by atoms with van der Waals surface area (Å²) in [5.41, 5.74) is 11.2. The van der Waals surface area contributed by atoms with Crippen molar-refractivity contribution in [2.24, 2.45) is 23.3 Å². The lowest BCUT2D eigenvalue weighted by atomic mass is 9.91. The maximum Gasteiger partial charge on any atom is 0.306 e. The van der Waals surface area contributed by atoms with E-state index < -0.39 is 24.2 Å². The first-order chi connectivity index (χ1) is 11.8. The average Bonchev–Trinajstić information content (AvgIpc) is 2.95. The van der Waals surface area contributed by atoms with Crippen molar-refractivity contribution >= 4 is 17.8 Å². The summed E-state index contributed by atoms with van der Waals surface area (Å²) in [6, 6.07) is -1.11. The molecule has 0 aromatic carbocycles. The first-order valence-electron chi connectivity index (χ1n) is 8.85. The van der Waals surface area contributed by atoms with Gasteiger partial charge in [-0.1, -0.05) is 0 Å². The summed E-state index contributed by atoms with van der Waals surface area (Å²) >= 11 is 0. The minimum Gasteiger partial charge on any atom is -0.481 e. The largest absolute Gasteiger partial charge is 0.481 e. The van der Waals surface area contributed by atoms with Gasteiger partial charge in [-0.2, -0.15) is 0 Å². The molecule has 1 aliphatic carbocycles. The zero-order valence-corrected chi connectivity index (χ0v) is 14.6. The third-order valence-electron chi connectivity index (χ3n) is 5.09. The number of carboxylic acid groups (broad SMARTS) is 1. The number of piperidine rings is 1. The standard InChI is InChI=1S/C16H29N5O4/c1-9(22)19-13(14(23)21-5-3-2-4-6-21)11-7-10(15(24)25)8-12(11)20-16(17)18/h10-13,16,20H,2-8,17-18H2,1H3,(H,19,22)(H,24,25). The fourth-order valence-corrected chi connectivity index (χ4v) is 3.96. The molecule has 0 spiro atoms. The molecule has 0 radical (unpaired) electrons. The van der Waals surface area contributed by atoms with Crippen LogP contribution in [0.25, 0.3) is 0 Å². The van der Waals surface area contributed by atoms with Crippen molar-refractivity contribution in [2.45, 2.75) is 57.4 Å². The zero-order valence-electron chi connectivity index (χ0n) is 14.6. The van der Waals surface area contributed by atoms with Crippen molar-refractivity contribution < 1.29 is 19.5 Å². The number of nitrogens with two attached hydrogens (primary N) is 2. The molecule has 9 nitrogen and oxygen atoms in total. The molecule has 2 fully saturated rings. The van der Waals surface area contributed by atoms with Crippen molar-refractivity contribution in [3.8, 4) is 0 Å². The summed E-state index contributed by atoms with van der Waals surface area (Å²) in [7, 11) is 0.